The summed E-state index contributed by atoms with van der Waals surface area (Å²) in [6, 6.07) is 76.2. The van der Waals surface area contributed by atoms with Crippen LogP contribution in [0.2, 0.25) is 0 Å². The van der Waals surface area contributed by atoms with Crippen LogP contribution in [0.4, 0.5) is 0 Å². The molecule has 62 heavy (non-hydrogen) atoms. The first kappa shape index (κ1) is 35.5. The van der Waals surface area contributed by atoms with Crippen LogP contribution >= 0.6 is 0 Å². The zero-order valence-corrected chi connectivity index (χ0v) is 33.5. The van der Waals surface area contributed by atoms with Crippen molar-refractivity contribution in [1.29, 1.82) is 0 Å². The molecule has 12 aromatic rings. The third kappa shape index (κ3) is 6.14. The summed E-state index contributed by atoms with van der Waals surface area (Å²) in [5.74, 6) is 0.671. The molecule has 8 aromatic carbocycles. The minimum absolute atomic E-state index is 0.671. The molecule has 0 saturated heterocycles. The van der Waals surface area contributed by atoms with Gasteiger partial charge in [0.05, 0.1) is 22.6 Å². The summed E-state index contributed by atoms with van der Waals surface area (Å²) < 4.78 is 8.25. The van der Waals surface area contributed by atoms with E-state index in [2.05, 4.69) is 193 Å². The van der Waals surface area contributed by atoms with Gasteiger partial charge in [0.15, 0.2) is 5.82 Å². The Balaban J connectivity index is 1.01. The van der Waals surface area contributed by atoms with Crippen LogP contribution in [0.3, 0.4) is 0 Å². The molecule has 0 saturated carbocycles. The molecule has 290 valence electrons. The summed E-state index contributed by atoms with van der Waals surface area (Å²) in [6.07, 6.45) is 0. The highest BCUT2D eigenvalue weighted by atomic mass is 16.3. The summed E-state index contributed by atoms with van der Waals surface area (Å²) in [5, 5.41) is 9.97. The maximum atomic E-state index is 6.11. The molecule has 0 bridgehead atoms. The highest BCUT2D eigenvalue weighted by molar-refractivity contribution is 6.09. The van der Waals surface area contributed by atoms with Crippen molar-refractivity contribution in [3.05, 3.63) is 218 Å². The quantitative estimate of drug-likeness (QED) is 0.161. The Kier molecular flexibility index (Phi) is 8.42. The van der Waals surface area contributed by atoms with Gasteiger partial charge in [-0.25, -0.2) is 14.5 Å². The van der Waals surface area contributed by atoms with Gasteiger partial charge in [-0.3, -0.25) is 0 Å². The lowest BCUT2D eigenvalue weighted by Gasteiger charge is -2.12. The van der Waals surface area contributed by atoms with Gasteiger partial charge in [-0.15, -0.1) is 0 Å². The van der Waals surface area contributed by atoms with E-state index in [1.807, 2.05) is 30.3 Å². The van der Waals surface area contributed by atoms with E-state index in [-0.39, 0.29) is 0 Å². The van der Waals surface area contributed by atoms with Crippen LogP contribution in [0.25, 0.3) is 117 Å². The fourth-order valence-corrected chi connectivity index (χ4v) is 8.81. The third-order valence-electron chi connectivity index (χ3n) is 11.8. The average molecular weight is 793 g/mol. The molecule has 0 aliphatic heterocycles. The van der Waals surface area contributed by atoms with E-state index in [0.29, 0.717) is 5.82 Å². The van der Waals surface area contributed by atoms with Crippen molar-refractivity contribution in [1.82, 2.24) is 19.6 Å². The maximum Gasteiger partial charge on any atom is 0.160 e. The van der Waals surface area contributed by atoms with Gasteiger partial charge in [-0.2, -0.15) is 5.10 Å². The van der Waals surface area contributed by atoms with Crippen LogP contribution in [0.1, 0.15) is 0 Å². The first-order valence-electron chi connectivity index (χ1n) is 20.8. The van der Waals surface area contributed by atoms with Crippen LogP contribution in [-0.4, -0.2) is 19.6 Å². The van der Waals surface area contributed by atoms with E-state index >= 15 is 0 Å². The van der Waals surface area contributed by atoms with Crippen LogP contribution in [0, 0.1) is 0 Å². The molecule has 5 nitrogen and oxygen atoms in total. The number of fused-ring (bicyclic) bond motifs is 6. The predicted molar refractivity (Wildman–Crippen MR) is 254 cm³/mol. The number of benzene rings is 8. The van der Waals surface area contributed by atoms with E-state index in [4.69, 9.17) is 19.5 Å². The second kappa shape index (κ2) is 14.7. The van der Waals surface area contributed by atoms with E-state index in [1.54, 1.807) is 0 Å². The minimum atomic E-state index is 0.671. The SMILES string of the molecule is c1ccc(-c2nc(-c3ccc(-c4ccc5oc6ccccc6c5c4)cc3)cc(-c3cccc(-c4c(-c5ccccc5)nn5c(-c6ccccc6)cc6ccccc6c45)c3)n2)cc1. The normalized spacial score (nSPS) is 11.5. The molecule has 0 atom stereocenters. The number of hydrogen-bond acceptors (Lipinski definition) is 4. The summed E-state index contributed by atoms with van der Waals surface area (Å²) in [5.41, 5.74) is 16.0. The highest BCUT2D eigenvalue weighted by Crippen LogP contribution is 2.42. The Bertz CT molecular complexity index is 3610. The fourth-order valence-electron chi connectivity index (χ4n) is 8.81. The van der Waals surface area contributed by atoms with Gasteiger partial charge in [0, 0.05) is 49.5 Å². The van der Waals surface area contributed by atoms with Crippen molar-refractivity contribution in [2.24, 2.45) is 0 Å². The Hall–Kier alpha value is -8.41. The second-order valence-corrected chi connectivity index (χ2v) is 15.6. The molecule has 4 heterocycles. The lowest BCUT2D eigenvalue weighted by atomic mass is 9.95. The van der Waals surface area contributed by atoms with Crippen molar-refractivity contribution in [2.45, 2.75) is 0 Å². The first-order chi connectivity index (χ1) is 30.7. The van der Waals surface area contributed by atoms with E-state index < -0.39 is 0 Å². The molecule has 0 amide bonds. The zero-order chi connectivity index (χ0) is 41.0. The van der Waals surface area contributed by atoms with Crippen LogP contribution in [0.15, 0.2) is 223 Å². The zero-order valence-electron chi connectivity index (χ0n) is 33.5. The van der Waals surface area contributed by atoms with E-state index in [0.717, 1.165) is 111 Å². The molecule has 0 fully saturated rings. The monoisotopic (exact) mass is 792 g/mol. The molecule has 5 heteroatoms. The smallest absolute Gasteiger partial charge is 0.160 e. The Labute approximate surface area is 357 Å². The number of pyridine rings is 1. The predicted octanol–water partition coefficient (Wildman–Crippen LogP) is 14.8. The average Bonchev–Trinajstić information content (AvgIpc) is 3.94. The Morgan fingerprint density at radius 1 is 0.355 bits per heavy atom. The van der Waals surface area contributed by atoms with Crippen molar-refractivity contribution < 1.29 is 4.42 Å². The molecule has 4 aromatic heterocycles. The van der Waals surface area contributed by atoms with Gasteiger partial charge in [-0.1, -0.05) is 182 Å². The number of rotatable bonds is 7. The van der Waals surface area contributed by atoms with Gasteiger partial charge < -0.3 is 4.42 Å². The lowest BCUT2D eigenvalue weighted by Crippen LogP contribution is -1.96. The summed E-state index contributed by atoms with van der Waals surface area (Å²) in [6.45, 7) is 0. The van der Waals surface area contributed by atoms with Crippen LogP contribution in [-0.2, 0) is 0 Å². The van der Waals surface area contributed by atoms with Crippen LogP contribution < -0.4 is 0 Å². The first-order valence-corrected chi connectivity index (χ1v) is 20.8. The summed E-state index contributed by atoms with van der Waals surface area (Å²) in [4.78, 5) is 10.4. The standard InChI is InChI=1S/C57H36N4O/c1-4-15-39(16-5-1)51-35-43-21-10-11-24-46(43)56-54(55(60-61(51)56)40-17-6-2-7-18-40)45-23-14-22-44(33-45)50-36-49(58-57(59-50)41-19-8-3-9-20-41)38-29-27-37(28-30-38)42-31-32-53-48(34-42)47-25-12-13-26-52(47)62-53/h1-36H. The van der Waals surface area contributed by atoms with Gasteiger partial charge in [0.1, 0.15) is 16.9 Å². The molecule has 0 aliphatic carbocycles. The van der Waals surface area contributed by atoms with E-state index in [1.165, 1.54) is 0 Å². The van der Waals surface area contributed by atoms with Crippen molar-refractivity contribution in [3.63, 3.8) is 0 Å². The largest absolute Gasteiger partial charge is 0.456 e. The molecule has 0 N–H and O–H groups in total. The van der Waals surface area contributed by atoms with Gasteiger partial charge >= 0.3 is 0 Å². The van der Waals surface area contributed by atoms with Gasteiger partial charge in [0.25, 0.3) is 0 Å². The fraction of sp³-hybridized carbons (Fsp3) is 0. The van der Waals surface area contributed by atoms with Gasteiger partial charge in [-0.05, 0) is 58.5 Å². The molecule has 0 spiro atoms. The molecular formula is C57H36N4O. The van der Waals surface area contributed by atoms with Crippen molar-refractivity contribution >= 4 is 38.2 Å². The Morgan fingerprint density at radius 3 is 1.71 bits per heavy atom. The van der Waals surface area contributed by atoms with Crippen molar-refractivity contribution in [2.75, 3.05) is 0 Å². The number of para-hydroxylation sites is 1. The van der Waals surface area contributed by atoms with Crippen LogP contribution in [0.5, 0.6) is 0 Å². The molecule has 0 unspecified atom stereocenters. The minimum Gasteiger partial charge on any atom is -0.456 e. The summed E-state index contributed by atoms with van der Waals surface area (Å²) in [7, 11) is 0. The number of aromatic nitrogens is 4. The number of furan rings is 1. The number of hydrogen-bond donors (Lipinski definition) is 0. The second-order valence-electron chi connectivity index (χ2n) is 15.6. The topological polar surface area (TPSA) is 56.2 Å². The lowest BCUT2D eigenvalue weighted by molar-refractivity contribution is 0.669. The molecular weight excluding hydrogens is 757 g/mol. The summed E-state index contributed by atoms with van der Waals surface area (Å²) >= 11 is 0. The van der Waals surface area contributed by atoms with E-state index in [9.17, 15) is 0 Å². The Morgan fingerprint density at radius 2 is 0.935 bits per heavy atom. The number of nitrogens with zero attached hydrogens (tertiary/aromatic N) is 4. The molecule has 0 aliphatic rings. The molecule has 12 rings (SSSR count). The van der Waals surface area contributed by atoms with Crippen molar-refractivity contribution in [3.8, 4) is 78.7 Å². The third-order valence-corrected chi connectivity index (χ3v) is 11.8. The highest BCUT2D eigenvalue weighted by Gasteiger charge is 2.22. The maximum absolute atomic E-state index is 6.11. The van der Waals surface area contributed by atoms with Gasteiger partial charge in [0.2, 0.25) is 0 Å². The molecule has 0 radical (unpaired) electrons.